The van der Waals surface area contributed by atoms with E-state index in [1.54, 1.807) is 11.3 Å². The Morgan fingerprint density at radius 2 is 2.60 bits per heavy atom. The van der Waals surface area contributed by atoms with E-state index in [1.165, 1.54) is 0 Å². The molecule has 0 saturated heterocycles. The van der Waals surface area contributed by atoms with Crippen LogP contribution in [0.25, 0.3) is 0 Å². The molecule has 4 heteroatoms. The highest BCUT2D eigenvalue weighted by Crippen LogP contribution is 2.09. The number of hydrogen-bond donors (Lipinski definition) is 2. The smallest absolute Gasteiger partial charge is 0.134 e. The van der Waals surface area contributed by atoms with Crippen LogP contribution in [0.5, 0.6) is 0 Å². The normalized spacial score (nSPS) is 10.1. The Hall–Kier alpha value is -0.610. The van der Waals surface area contributed by atoms with Crippen molar-refractivity contribution in [2.24, 2.45) is 0 Å². The summed E-state index contributed by atoms with van der Waals surface area (Å²) in [6.07, 6.45) is 0. The number of nitrogens with one attached hydrogen (secondary N) is 1. The molecule has 0 spiro atoms. The molecule has 0 radical (unpaired) electrons. The molecule has 0 aliphatic carbocycles. The fourth-order valence-corrected chi connectivity index (χ4v) is 1.29. The molecule has 1 aromatic heterocycles. The molecule has 0 bridgehead atoms. The molecule has 3 nitrogen and oxygen atoms in total. The molecule has 56 valence electrons. The van der Waals surface area contributed by atoms with Gasteiger partial charge in [-0.2, -0.15) is 0 Å². The lowest BCUT2D eigenvalue weighted by atomic mass is 10.6. The predicted molar refractivity (Wildman–Crippen MR) is 43.9 cm³/mol. The van der Waals surface area contributed by atoms with Gasteiger partial charge < -0.3 is 11.1 Å². The van der Waals surface area contributed by atoms with E-state index < -0.39 is 0 Å². The molecule has 0 unspecified atom stereocenters. The topological polar surface area (TPSA) is 50.9 Å². The number of hydrogen-bond acceptors (Lipinski definition) is 4. The van der Waals surface area contributed by atoms with E-state index in [-0.39, 0.29) is 0 Å². The lowest BCUT2D eigenvalue weighted by Gasteiger charge is -1.93. The second-order valence-corrected chi connectivity index (χ2v) is 2.89. The highest BCUT2D eigenvalue weighted by molar-refractivity contribution is 7.09. The van der Waals surface area contributed by atoms with E-state index in [0.717, 1.165) is 18.1 Å². The maximum absolute atomic E-state index is 5.42. The molecule has 1 heterocycles. The Kier molecular flexibility index (Phi) is 2.65. The maximum atomic E-state index is 5.42. The molecule has 0 amide bonds. The minimum Gasteiger partial charge on any atom is -0.383 e. The zero-order valence-electron chi connectivity index (χ0n) is 5.92. The fraction of sp³-hybridized carbons (Fsp3) is 0.500. The van der Waals surface area contributed by atoms with Crippen molar-refractivity contribution in [2.75, 3.05) is 12.3 Å². The van der Waals surface area contributed by atoms with Crippen LogP contribution >= 0.6 is 11.3 Å². The Balaban J connectivity index is 2.42. The number of nitrogens with zero attached hydrogens (tertiary/aromatic N) is 1. The zero-order valence-corrected chi connectivity index (χ0v) is 6.74. The highest BCUT2D eigenvalue weighted by Gasteiger charge is 1.95. The quantitative estimate of drug-likeness (QED) is 0.683. The van der Waals surface area contributed by atoms with Crippen LogP contribution in [0, 0.1) is 0 Å². The van der Waals surface area contributed by atoms with Crippen LogP contribution < -0.4 is 11.1 Å². The first-order valence-electron chi connectivity index (χ1n) is 3.23. The summed E-state index contributed by atoms with van der Waals surface area (Å²) in [6.45, 7) is 3.87. The van der Waals surface area contributed by atoms with Crippen LogP contribution in [0.4, 0.5) is 5.82 Å². The molecule has 0 aliphatic rings. The van der Waals surface area contributed by atoms with Crippen LogP contribution in [-0.2, 0) is 6.54 Å². The van der Waals surface area contributed by atoms with Gasteiger partial charge in [-0.3, -0.25) is 0 Å². The zero-order chi connectivity index (χ0) is 7.40. The van der Waals surface area contributed by atoms with Crippen LogP contribution in [0.1, 0.15) is 11.9 Å². The van der Waals surface area contributed by atoms with Gasteiger partial charge in [0.05, 0.1) is 0 Å². The number of thiazole rings is 1. The number of aromatic nitrogens is 1. The average molecular weight is 157 g/mol. The Bertz CT molecular complexity index is 197. The molecule has 0 fully saturated rings. The first kappa shape index (κ1) is 7.50. The van der Waals surface area contributed by atoms with Gasteiger partial charge in [0.25, 0.3) is 0 Å². The Labute approximate surface area is 64.3 Å². The number of rotatable bonds is 3. The van der Waals surface area contributed by atoms with Crippen LogP contribution in [0.3, 0.4) is 0 Å². The molecule has 10 heavy (non-hydrogen) atoms. The van der Waals surface area contributed by atoms with Crippen molar-refractivity contribution in [3.05, 3.63) is 10.4 Å². The number of anilines is 1. The van der Waals surface area contributed by atoms with E-state index in [4.69, 9.17) is 5.73 Å². The van der Waals surface area contributed by atoms with E-state index in [0.29, 0.717) is 5.82 Å². The van der Waals surface area contributed by atoms with Gasteiger partial charge in [0.15, 0.2) is 0 Å². The highest BCUT2D eigenvalue weighted by atomic mass is 32.1. The average Bonchev–Trinajstić information content (AvgIpc) is 2.31. The molecule has 1 aromatic rings. The summed E-state index contributed by atoms with van der Waals surface area (Å²) in [4.78, 5) is 4.08. The fourth-order valence-electron chi connectivity index (χ4n) is 0.638. The summed E-state index contributed by atoms with van der Waals surface area (Å²) < 4.78 is 0. The van der Waals surface area contributed by atoms with Crippen molar-refractivity contribution >= 4 is 17.2 Å². The van der Waals surface area contributed by atoms with Crippen molar-refractivity contribution < 1.29 is 0 Å². The lowest BCUT2D eigenvalue weighted by Crippen LogP contribution is -2.11. The molecular weight excluding hydrogens is 146 g/mol. The Morgan fingerprint density at radius 3 is 3.10 bits per heavy atom. The van der Waals surface area contributed by atoms with Crippen LogP contribution in [0.2, 0.25) is 0 Å². The third kappa shape index (κ3) is 1.97. The van der Waals surface area contributed by atoms with E-state index in [9.17, 15) is 0 Å². The Morgan fingerprint density at radius 1 is 1.80 bits per heavy atom. The second kappa shape index (κ2) is 3.53. The third-order valence-electron chi connectivity index (χ3n) is 1.10. The standard InChI is InChI=1S/C6H11N3S/c1-2-8-3-6-9-5(7)4-10-6/h4,8H,2-3,7H2,1H3. The molecule has 3 N–H and O–H groups in total. The first-order chi connectivity index (χ1) is 4.83. The first-order valence-corrected chi connectivity index (χ1v) is 4.11. The maximum Gasteiger partial charge on any atom is 0.134 e. The summed E-state index contributed by atoms with van der Waals surface area (Å²) >= 11 is 1.59. The van der Waals surface area contributed by atoms with Gasteiger partial charge in [-0.1, -0.05) is 6.92 Å². The summed E-state index contributed by atoms with van der Waals surface area (Å²) in [5.41, 5.74) is 5.42. The van der Waals surface area contributed by atoms with Crippen molar-refractivity contribution in [2.45, 2.75) is 13.5 Å². The number of nitrogen functional groups attached to an aromatic ring is 1. The van der Waals surface area contributed by atoms with Gasteiger partial charge in [0.1, 0.15) is 10.8 Å². The summed E-state index contributed by atoms with van der Waals surface area (Å²) in [5.74, 6) is 0.623. The van der Waals surface area contributed by atoms with E-state index in [1.807, 2.05) is 5.38 Å². The molecule has 0 aromatic carbocycles. The van der Waals surface area contributed by atoms with Gasteiger partial charge >= 0.3 is 0 Å². The summed E-state index contributed by atoms with van der Waals surface area (Å²) in [6, 6.07) is 0. The van der Waals surface area contributed by atoms with Gasteiger partial charge in [0, 0.05) is 11.9 Å². The van der Waals surface area contributed by atoms with Crippen molar-refractivity contribution in [1.82, 2.24) is 10.3 Å². The van der Waals surface area contributed by atoms with Gasteiger partial charge in [-0.05, 0) is 6.54 Å². The van der Waals surface area contributed by atoms with Gasteiger partial charge in [0.2, 0.25) is 0 Å². The van der Waals surface area contributed by atoms with Crippen molar-refractivity contribution in [3.63, 3.8) is 0 Å². The van der Waals surface area contributed by atoms with Crippen LogP contribution in [0.15, 0.2) is 5.38 Å². The SMILES string of the molecule is CCNCc1nc(N)cs1. The monoisotopic (exact) mass is 157 g/mol. The summed E-state index contributed by atoms with van der Waals surface area (Å²) in [5, 5.41) is 6.08. The van der Waals surface area contributed by atoms with E-state index >= 15 is 0 Å². The largest absolute Gasteiger partial charge is 0.383 e. The molecule has 0 aliphatic heterocycles. The van der Waals surface area contributed by atoms with Gasteiger partial charge in [-0.15, -0.1) is 11.3 Å². The van der Waals surface area contributed by atoms with Crippen LogP contribution in [-0.4, -0.2) is 11.5 Å². The minimum absolute atomic E-state index is 0.623. The van der Waals surface area contributed by atoms with E-state index in [2.05, 4.69) is 17.2 Å². The minimum atomic E-state index is 0.623. The lowest BCUT2D eigenvalue weighted by molar-refractivity contribution is 0.723. The second-order valence-electron chi connectivity index (χ2n) is 1.95. The molecule has 0 saturated carbocycles. The summed E-state index contributed by atoms with van der Waals surface area (Å²) in [7, 11) is 0. The van der Waals surface area contributed by atoms with Crippen molar-refractivity contribution in [1.29, 1.82) is 0 Å². The molecule has 0 atom stereocenters. The third-order valence-corrected chi connectivity index (χ3v) is 1.96. The van der Waals surface area contributed by atoms with Gasteiger partial charge in [-0.25, -0.2) is 4.98 Å². The number of nitrogens with two attached hydrogens (primary N) is 1. The van der Waals surface area contributed by atoms with Crippen molar-refractivity contribution in [3.8, 4) is 0 Å². The molecular formula is C6H11N3S. The predicted octanol–water partition coefficient (Wildman–Crippen LogP) is 0.835. The molecule has 1 rings (SSSR count).